The number of halogens is 1. The molecule has 1 aromatic carbocycles. The largest absolute Gasteiger partial charge is 0.478 e. The molecule has 3 heterocycles. The number of carboxylic acid groups (broad SMARTS) is 1. The van der Waals surface area contributed by atoms with Gasteiger partial charge in [-0.3, -0.25) is 19.9 Å². The van der Waals surface area contributed by atoms with Gasteiger partial charge in [-0.15, -0.1) is 0 Å². The molecule has 0 saturated carbocycles. The van der Waals surface area contributed by atoms with Gasteiger partial charge < -0.3 is 9.52 Å². The molecule has 2 N–H and O–H groups in total. The Labute approximate surface area is 154 Å². The molecule has 2 amide bonds. The lowest BCUT2D eigenvalue weighted by molar-refractivity contribution is -0.115. The van der Waals surface area contributed by atoms with Gasteiger partial charge in [0, 0.05) is 29.4 Å². The van der Waals surface area contributed by atoms with Gasteiger partial charge in [-0.25, -0.2) is 9.18 Å². The van der Waals surface area contributed by atoms with Crippen molar-refractivity contribution in [3.8, 4) is 11.1 Å². The van der Waals surface area contributed by atoms with E-state index in [2.05, 4.69) is 10.3 Å². The predicted octanol–water partition coefficient (Wildman–Crippen LogP) is 3.66. The quantitative estimate of drug-likeness (QED) is 0.663. The number of imide groups is 1. The van der Waals surface area contributed by atoms with Crippen molar-refractivity contribution in [2.45, 2.75) is 0 Å². The summed E-state index contributed by atoms with van der Waals surface area (Å²) >= 11 is 0.757. The number of hydrogen-bond donors (Lipinski definition) is 2. The smallest absolute Gasteiger partial charge is 0.335 e. The van der Waals surface area contributed by atoms with Crippen LogP contribution in [-0.2, 0) is 4.79 Å². The molecule has 3 aromatic rings. The van der Waals surface area contributed by atoms with Crippen LogP contribution in [0.25, 0.3) is 28.2 Å². The van der Waals surface area contributed by atoms with E-state index in [0.717, 1.165) is 17.8 Å². The van der Waals surface area contributed by atoms with Crippen LogP contribution in [0.1, 0.15) is 16.1 Å². The fraction of sp³-hybridized carbons (Fsp3) is 0. The lowest BCUT2D eigenvalue weighted by Gasteiger charge is -2.04. The van der Waals surface area contributed by atoms with Crippen molar-refractivity contribution >= 4 is 45.9 Å². The number of fused-ring (bicyclic) bond motifs is 1. The number of aromatic nitrogens is 1. The maximum absolute atomic E-state index is 13.8. The van der Waals surface area contributed by atoms with E-state index in [1.807, 2.05) is 0 Å². The minimum absolute atomic E-state index is 0.187. The summed E-state index contributed by atoms with van der Waals surface area (Å²) < 4.78 is 19.6. The van der Waals surface area contributed by atoms with Gasteiger partial charge in [0.25, 0.3) is 11.1 Å². The molecule has 1 fully saturated rings. The summed E-state index contributed by atoms with van der Waals surface area (Å²) in [5.41, 5.74) is 0.850. The molecule has 0 bridgehead atoms. The lowest BCUT2D eigenvalue weighted by Crippen LogP contribution is -2.17. The van der Waals surface area contributed by atoms with Crippen LogP contribution in [0.4, 0.5) is 9.18 Å². The highest BCUT2D eigenvalue weighted by molar-refractivity contribution is 8.18. The molecule has 0 spiro atoms. The molecule has 0 unspecified atom stereocenters. The molecule has 9 heteroatoms. The normalized spacial score (nSPS) is 15.5. The zero-order valence-corrected chi connectivity index (χ0v) is 14.2. The summed E-state index contributed by atoms with van der Waals surface area (Å²) in [7, 11) is 0. The molecular formula is C18H9FN2O5S. The molecule has 4 rings (SSSR count). The second-order valence-electron chi connectivity index (χ2n) is 5.64. The number of carbonyl (C=O) groups is 3. The Bertz CT molecular complexity index is 1170. The van der Waals surface area contributed by atoms with Crippen LogP contribution in [0.15, 0.2) is 46.0 Å². The third-order valence-corrected chi connectivity index (χ3v) is 4.62. The van der Waals surface area contributed by atoms with Gasteiger partial charge in [0.05, 0.1) is 10.5 Å². The van der Waals surface area contributed by atoms with Gasteiger partial charge >= 0.3 is 5.97 Å². The van der Waals surface area contributed by atoms with E-state index in [4.69, 9.17) is 9.52 Å². The molecular weight excluding hydrogens is 375 g/mol. The van der Waals surface area contributed by atoms with Gasteiger partial charge in [-0.05, 0) is 41.6 Å². The van der Waals surface area contributed by atoms with E-state index in [0.29, 0.717) is 27.9 Å². The molecule has 1 saturated heterocycles. The standard InChI is InChI=1S/C18H9FN2O5S/c19-11-2-8(1-9(3-11)17(23)24)13-7-20-6-10-4-12(26-15(10)13)5-14-16(22)21-18(25)27-14/h1-7H,(H,23,24)(H,21,22,25)/b14-5+. The zero-order valence-electron chi connectivity index (χ0n) is 13.4. The number of benzene rings is 1. The number of aromatic carboxylic acids is 1. The summed E-state index contributed by atoms with van der Waals surface area (Å²) in [4.78, 5) is 38.3. The molecule has 1 aliphatic heterocycles. The Hall–Kier alpha value is -3.46. The first-order chi connectivity index (χ1) is 12.9. The Morgan fingerprint density at radius 1 is 1.22 bits per heavy atom. The third-order valence-electron chi connectivity index (χ3n) is 3.81. The fourth-order valence-corrected chi connectivity index (χ4v) is 3.34. The SMILES string of the molecule is O=C1NC(=O)/C(=C\c2cc3cncc(-c4cc(F)cc(C(=O)O)c4)c3o2)S1. The van der Waals surface area contributed by atoms with Crippen LogP contribution in [0.5, 0.6) is 0 Å². The minimum Gasteiger partial charge on any atom is -0.478 e. The number of nitrogens with one attached hydrogen (secondary N) is 1. The van der Waals surface area contributed by atoms with E-state index in [1.165, 1.54) is 30.6 Å². The number of hydrogen-bond acceptors (Lipinski definition) is 6. The van der Waals surface area contributed by atoms with Crippen LogP contribution < -0.4 is 5.32 Å². The number of rotatable bonds is 3. The summed E-state index contributed by atoms with van der Waals surface area (Å²) in [5.74, 6) is -2.16. The van der Waals surface area contributed by atoms with Crippen LogP contribution >= 0.6 is 11.8 Å². The summed E-state index contributed by atoms with van der Waals surface area (Å²) in [5, 5.41) is 11.4. The second kappa shape index (κ2) is 6.36. The average Bonchev–Trinajstić information content (AvgIpc) is 3.16. The maximum atomic E-state index is 13.8. The molecule has 134 valence electrons. The van der Waals surface area contributed by atoms with Gasteiger partial charge in [0.1, 0.15) is 17.2 Å². The topological polar surface area (TPSA) is 110 Å². The predicted molar refractivity (Wildman–Crippen MR) is 95.5 cm³/mol. The molecule has 7 nitrogen and oxygen atoms in total. The number of amides is 2. The van der Waals surface area contributed by atoms with Crippen LogP contribution in [0.3, 0.4) is 0 Å². The molecule has 0 atom stereocenters. The van der Waals surface area contributed by atoms with E-state index >= 15 is 0 Å². The number of carbonyl (C=O) groups excluding carboxylic acids is 2. The van der Waals surface area contributed by atoms with E-state index < -0.39 is 22.9 Å². The molecule has 2 aromatic heterocycles. The number of nitrogens with zero attached hydrogens (tertiary/aromatic N) is 1. The minimum atomic E-state index is -1.25. The van der Waals surface area contributed by atoms with Gasteiger partial charge in [-0.2, -0.15) is 0 Å². The number of pyridine rings is 1. The van der Waals surface area contributed by atoms with Crippen molar-refractivity contribution in [2.24, 2.45) is 0 Å². The number of carboxylic acids is 1. The molecule has 27 heavy (non-hydrogen) atoms. The van der Waals surface area contributed by atoms with Crippen molar-refractivity contribution in [2.75, 3.05) is 0 Å². The van der Waals surface area contributed by atoms with Crippen LogP contribution in [0.2, 0.25) is 0 Å². The summed E-state index contributed by atoms with van der Waals surface area (Å²) in [6.45, 7) is 0. The van der Waals surface area contributed by atoms with Gasteiger partial charge in [-0.1, -0.05) is 0 Å². The van der Waals surface area contributed by atoms with E-state index in [-0.39, 0.29) is 10.5 Å². The Kier molecular flexibility index (Phi) is 4.00. The zero-order chi connectivity index (χ0) is 19.1. The average molecular weight is 384 g/mol. The van der Waals surface area contributed by atoms with Gasteiger partial charge in [0.2, 0.25) is 0 Å². The monoisotopic (exact) mass is 384 g/mol. The Morgan fingerprint density at radius 2 is 2.04 bits per heavy atom. The summed E-state index contributed by atoms with van der Waals surface area (Å²) in [6.07, 6.45) is 4.38. The highest BCUT2D eigenvalue weighted by atomic mass is 32.2. The number of furan rings is 1. The molecule has 1 aliphatic rings. The Balaban J connectivity index is 1.83. The third kappa shape index (κ3) is 3.20. The molecule has 0 aliphatic carbocycles. The second-order valence-corrected chi connectivity index (χ2v) is 6.65. The van der Waals surface area contributed by atoms with Crippen molar-refractivity contribution in [1.82, 2.24) is 10.3 Å². The van der Waals surface area contributed by atoms with Crippen molar-refractivity contribution in [3.63, 3.8) is 0 Å². The van der Waals surface area contributed by atoms with Gasteiger partial charge in [0.15, 0.2) is 0 Å². The highest BCUT2D eigenvalue weighted by Crippen LogP contribution is 2.33. The van der Waals surface area contributed by atoms with Crippen LogP contribution in [-0.4, -0.2) is 27.2 Å². The maximum Gasteiger partial charge on any atom is 0.335 e. The Morgan fingerprint density at radius 3 is 2.74 bits per heavy atom. The highest BCUT2D eigenvalue weighted by Gasteiger charge is 2.25. The lowest BCUT2D eigenvalue weighted by atomic mass is 10.0. The first-order valence-electron chi connectivity index (χ1n) is 7.57. The van der Waals surface area contributed by atoms with E-state index in [9.17, 15) is 18.8 Å². The van der Waals surface area contributed by atoms with Crippen molar-refractivity contribution in [1.29, 1.82) is 0 Å². The first kappa shape index (κ1) is 17.0. The molecule has 0 radical (unpaired) electrons. The first-order valence-corrected chi connectivity index (χ1v) is 8.39. The fourth-order valence-electron chi connectivity index (χ4n) is 2.68. The summed E-state index contributed by atoms with van der Waals surface area (Å²) in [6, 6.07) is 5.04. The van der Waals surface area contributed by atoms with Crippen molar-refractivity contribution < 1.29 is 28.3 Å². The van der Waals surface area contributed by atoms with Crippen molar-refractivity contribution in [3.05, 3.63) is 58.7 Å². The number of thioether (sulfide) groups is 1. The van der Waals surface area contributed by atoms with E-state index in [1.54, 1.807) is 6.07 Å². The van der Waals surface area contributed by atoms with Crippen LogP contribution in [0, 0.1) is 5.82 Å².